The summed E-state index contributed by atoms with van der Waals surface area (Å²) in [6.45, 7) is 0. The third-order valence-corrected chi connectivity index (χ3v) is 5.09. The predicted octanol–water partition coefficient (Wildman–Crippen LogP) is 4.02. The summed E-state index contributed by atoms with van der Waals surface area (Å²) >= 11 is 0. The van der Waals surface area contributed by atoms with Crippen molar-refractivity contribution in [2.75, 3.05) is 0 Å². The van der Waals surface area contributed by atoms with E-state index >= 15 is 0 Å². The Bertz CT molecular complexity index is 413. The van der Waals surface area contributed by atoms with Gasteiger partial charge in [-0.25, -0.2) is 0 Å². The summed E-state index contributed by atoms with van der Waals surface area (Å²) in [5.74, 6) is 2.07. The molecule has 0 spiro atoms. The molecule has 0 unspecified atom stereocenters. The summed E-state index contributed by atoms with van der Waals surface area (Å²) in [5, 5.41) is 4.25. The Morgan fingerprint density at radius 1 is 0.900 bits per heavy atom. The third kappa shape index (κ3) is 3.05. The van der Waals surface area contributed by atoms with E-state index in [2.05, 4.69) is 5.16 Å². The van der Waals surface area contributed by atoms with Crippen molar-refractivity contribution in [2.45, 2.75) is 88.5 Å². The van der Waals surface area contributed by atoms with Crippen molar-refractivity contribution in [3.05, 3.63) is 11.7 Å². The number of hydrogen-bond acceptors (Lipinski definition) is 4. The summed E-state index contributed by atoms with van der Waals surface area (Å²) in [4.78, 5) is 4.71. The highest BCUT2D eigenvalue weighted by Gasteiger charge is 2.34. The zero-order valence-corrected chi connectivity index (χ0v) is 12.4. The van der Waals surface area contributed by atoms with Crippen LogP contribution in [0.5, 0.6) is 0 Å². The highest BCUT2D eigenvalue weighted by molar-refractivity contribution is 5.06. The van der Waals surface area contributed by atoms with Crippen LogP contribution in [0.3, 0.4) is 0 Å². The lowest BCUT2D eigenvalue weighted by Crippen LogP contribution is -2.37. The fourth-order valence-electron chi connectivity index (χ4n) is 3.71. The van der Waals surface area contributed by atoms with E-state index in [1.807, 2.05) is 0 Å². The number of nitrogens with zero attached hydrogens (tertiary/aromatic N) is 2. The van der Waals surface area contributed by atoms with Crippen LogP contribution >= 0.6 is 0 Å². The SMILES string of the molecule is NC1(c2noc(C3CCCCCC3)n2)CCCCCC1. The van der Waals surface area contributed by atoms with E-state index in [0.717, 1.165) is 24.6 Å². The Kier molecular flexibility index (Phi) is 4.39. The first-order valence-electron chi connectivity index (χ1n) is 8.41. The normalized spacial score (nSPS) is 25.1. The number of nitrogens with two attached hydrogens (primary N) is 1. The van der Waals surface area contributed by atoms with Crippen LogP contribution in [0.15, 0.2) is 4.52 Å². The molecule has 1 heterocycles. The largest absolute Gasteiger partial charge is 0.339 e. The van der Waals surface area contributed by atoms with Crippen LogP contribution in [0.1, 0.15) is 94.7 Å². The second kappa shape index (κ2) is 6.25. The van der Waals surface area contributed by atoms with E-state index in [0.29, 0.717) is 5.92 Å². The number of aromatic nitrogens is 2. The molecule has 20 heavy (non-hydrogen) atoms. The van der Waals surface area contributed by atoms with Crippen LogP contribution in [0.25, 0.3) is 0 Å². The Morgan fingerprint density at radius 2 is 1.50 bits per heavy atom. The van der Waals surface area contributed by atoms with Crippen molar-refractivity contribution in [2.24, 2.45) is 5.73 Å². The van der Waals surface area contributed by atoms with E-state index in [4.69, 9.17) is 15.2 Å². The molecule has 2 N–H and O–H groups in total. The Labute approximate surface area is 121 Å². The van der Waals surface area contributed by atoms with Gasteiger partial charge >= 0.3 is 0 Å². The monoisotopic (exact) mass is 277 g/mol. The van der Waals surface area contributed by atoms with Crippen molar-refractivity contribution in [3.63, 3.8) is 0 Å². The van der Waals surface area contributed by atoms with Gasteiger partial charge in [0.05, 0.1) is 5.54 Å². The molecule has 0 aromatic carbocycles. The van der Waals surface area contributed by atoms with E-state index in [9.17, 15) is 0 Å². The van der Waals surface area contributed by atoms with Gasteiger partial charge in [0, 0.05) is 5.92 Å². The quantitative estimate of drug-likeness (QED) is 0.829. The number of rotatable bonds is 2. The molecule has 1 aromatic rings. The van der Waals surface area contributed by atoms with E-state index in [1.165, 1.54) is 64.2 Å². The second-order valence-corrected chi connectivity index (χ2v) is 6.72. The van der Waals surface area contributed by atoms with Gasteiger partial charge in [0.2, 0.25) is 5.89 Å². The van der Waals surface area contributed by atoms with Crippen molar-refractivity contribution in [1.29, 1.82) is 0 Å². The van der Waals surface area contributed by atoms with Crippen LogP contribution in [-0.4, -0.2) is 10.1 Å². The Hall–Kier alpha value is -0.900. The molecule has 2 aliphatic rings. The maximum absolute atomic E-state index is 6.57. The maximum Gasteiger partial charge on any atom is 0.229 e. The van der Waals surface area contributed by atoms with E-state index < -0.39 is 0 Å². The molecule has 0 amide bonds. The molecular formula is C16H27N3O. The lowest BCUT2D eigenvalue weighted by molar-refractivity contribution is 0.312. The van der Waals surface area contributed by atoms with Gasteiger partial charge in [0.15, 0.2) is 5.82 Å². The molecule has 4 nitrogen and oxygen atoms in total. The van der Waals surface area contributed by atoms with Gasteiger partial charge in [0.1, 0.15) is 0 Å². The minimum Gasteiger partial charge on any atom is -0.339 e. The zero-order chi connectivity index (χ0) is 13.8. The van der Waals surface area contributed by atoms with Gasteiger partial charge in [-0.3, -0.25) is 0 Å². The third-order valence-electron chi connectivity index (χ3n) is 5.09. The molecule has 2 aliphatic carbocycles. The summed E-state index contributed by atoms with van der Waals surface area (Å²) in [7, 11) is 0. The molecule has 1 aromatic heterocycles. The van der Waals surface area contributed by atoms with Crippen molar-refractivity contribution in [3.8, 4) is 0 Å². The lowest BCUT2D eigenvalue weighted by atomic mass is 9.90. The molecule has 112 valence electrons. The summed E-state index contributed by atoms with van der Waals surface area (Å²) in [5.41, 5.74) is 6.22. The molecule has 4 heteroatoms. The van der Waals surface area contributed by atoms with Gasteiger partial charge in [-0.15, -0.1) is 0 Å². The molecule has 0 bridgehead atoms. The topological polar surface area (TPSA) is 64.9 Å². The summed E-state index contributed by atoms with van der Waals surface area (Å²) in [6.07, 6.45) is 14.6. The van der Waals surface area contributed by atoms with Crippen LogP contribution < -0.4 is 5.73 Å². The number of hydrogen-bond donors (Lipinski definition) is 1. The molecule has 0 radical (unpaired) electrons. The average Bonchev–Trinajstić information content (AvgIpc) is 2.66. The average molecular weight is 277 g/mol. The Balaban J connectivity index is 1.74. The van der Waals surface area contributed by atoms with Gasteiger partial charge in [-0.1, -0.05) is 56.5 Å². The van der Waals surface area contributed by atoms with Crippen LogP contribution in [0, 0.1) is 0 Å². The van der Waals surface area contributed by atoms with E-state index in [-0.39, 0.29) is 5.54 Å². The first-order valence-corrected chi connectivity index (χ1v) is 8.41. The van der Waals surface area contributed by atoms with Crippen LogP contribution in [-0.2, 0) is 5.54 Å². The molecule has 3 rings (SSSR count). The van der Waals surface area contributed by atoms with Crippen molar-refractivity contribution >= 4 is 0 Å². The van der Waals surface area contributed by atoms with E-state index in [1.54, 1.807) is 0 Å². The van der Waals surface area contributed by atoms with Gasteiger partial charge < -0.3 is 10.3 Å². The second-order valence-electron chi connectivity index (χ2n) is 6.72. The predicted molar refractivity (Wildman–Crippen MR) is 78.3 cm³/mol. The first kappa shape index (κ1) is 14.1. The van der Waals surface area contributed by atoms with Gasteiger partial charge in [-0.05, 0) is 25.7 Å². The van der Waals surface area contributed by atoms with Crippen LogP contribution in [0.4, 0.5) is 0 Å². The molecular weight excluding hydrogens is 250 g/mol. The standard InChI is InChI=1S/C16H27N3O/c17-16(11-7-3-4-8-12-16)15-18-14(20-19-15)13-9-5-1-2-6-10-13/h13H,1-12,17H2. The van der Waals surface area contributed by atoms with Gasteiger partial charge in [-0.2, -0.15) is 4.98 Å². The molecule has 2 saturated carbocycles. The highest BCUT2D eigenvalue weighted by Crippen LogP contribution is 2.35. The van der Waals surface area contributed by atoms with Gasteiger partial charge in [0.25, 0.3) is 0 Å². The molecule has 0 saturated heterocycles. The maximum atomic E-state index is 6.57. The smallest absolute Gasteiger partial charge is 0.229 e. The molecule has 0 aliphatic heterocycles. The molecule has 0 atom stereocenters. The summed E-state index contributed by atoms with van der Waals surface area (Å²) < 4.78 is 5.58. The first-order chi connectivity index (χ1) is 9.78. The van der Waals surface area contributed by atoms with Crippen molar-refractivity contribution in [1.82, 2.24) is 10.1 Å². The Morgan fingerprint density at radius 3 is 2.15 bits per heavy atom. The van der Waals surface area contributed by atoms with Crippen LogP contribution in [0.2, 0.25) is 0 Å². The van der Waals surface area contributed by atoms with Crippen molar-refractivity contribution < 1.29 is 4.52 Å². The minimum absolute atomic E-state index is 0.344. The molecule has 2 fully saturated rings. The fourth-order valence-corrected chi connectivity index (χ4v) is 3.71. The lowest BCUT2D eigenvalue weighted by Gasteiger charge is -2.23. The zero-order valence-electron chi connectivity index (χ0n) is 12.4. The highest BCUT2D eigenvalue weighted by atomic mass is 16.5. The summed E-state index contributed by atoms with van der Waals surface area (Å²) in [6, 6.07) is 0. The minimum atomic E-state index is -0.344. The fraction of sp³-hybridized carbons (Fsp3) is 0.875.